The van der Waals surface area contributed by atoms with E-state index in [2.05, 4.69) is 9.82 Å². The van der Waals surface area contributed by atoms with Gasteiger partial charge in [-0.25, -0.2) is 5.90 Å². The summed E-state index contributed by atoms with van der Waals surface area (Å²) in [6, 6.07) is 5.98. The van der Waals surface area contributed by atoms with Gasteiger partial charge in [-0.2, -0.15) is 0 Å². The lowest BCUT2D eigenvalue weighted by atomic mass is 10.1. The molecule has 1 aromatic heterocycles. The Kier molecular flexibility index (Phi) is 2.89. The summed E-state index contributed by atoms with van der Waals surface area (Å²) in [6.07, 6.45) is 2.66. The maximum Gasteiger partial charge on any atom is 0.122 e. The van der Waals surface area contributed by atoms with Crippen LogP contribution in [0.4, 0.5) is 0 Å². The Balaban J connectivity index is 2.48. The quantitative estimate of drug-likeness (QED) is 0.747. The van der Waals surface area contributed by atoms with Crippen molar-refractivity contribution in [3.63, 3.8) is 0 Å². The molecule has 0 aliphatic carbocycles. The monoisotopic (exact) mass is 206 g/mol. The van der Waals surface area contributed by atoms with Gasteiger partial charge in [-0.15, -0.1) is 0 Å². The number of H-pyrrole nitrogens is 1. The minimum absolute atomic E-state index is 0.487. The van der Waals surface area contributed by atoms with Crippen molar-refractivity contribution in [2.24, 2.45) is 5.90 Å². The largest absolute Gasteiger partial charge is 0.496 e. The number of benzene rings is 1. The number of nitrogens with one attached hydrogen (secondary N) is 1. The number of methoxy groups -OCH3 is 1. The zero-order valence-electron chi connectivity index (χ0n) is 8.62. The summed E-state index contributed by atoms with van der Waals surface area (Å²) in [5.41, 5.74) is 2.23. The third kappa shape index (κ3) is 1.82. The Morgan fingerprint density at radius 3 is 2.93 bits per heavy atom. The average molecular weight is 206 g/mol. The van der Waals surface area contributed by atoms with E-state index in [9.17, 15) is 0 Å². The number of aromatic amines is 1. The first-order valence-corrected chi connectivity index (χ1v) is 4.81. The molecular weight excluding hydrogens is 192 g/mol. The summed E-state index contributed by atoms with van der Waals surface area (Å²) in [4.78, 5) is 7.77. The molecule has 4 nitrogen and oxygen atoms in total. The van der Waals surface area contributed by atoms with Crippen LogP contribution < -0.4 is 10.6 Å². The normalized spacial score (nSPS) is 10.8. The van der Waals surface area contributed by atoms with Crippen LogP contribution in [0.25, 0.3) is 10.9 Å². The van der Waals surface area contributed by atoms with Crippen LogP contribution in [0.15, 0.2) is 24.4 Å². The second kappa shape index (κ2) is 4.33. The highest BCUT2D eigenvalue weighted by molar-refractivity contribution is 5.85. The number of rotatable bonds is 4. The van der Waals surface area contributed by atoms with E-state index in [1.807, 2.05) is 24.4 Å². The van der Waals surface area contributed by atoms with Gasteiger partial charge in [-0.3, -0.25) is 0 Å². The fourth-order valence-electron chi connectivity index (χ4n) is 1.79. The molecule has 1 heterocycles. The summed E-state index contributed by atoms with van der Waals surface area (Å²) >= 11 is 0. The van der Waals surface area contributed by atoms with E-state index < -0.39 is 0 Å². The molecule has 0 bridgehead atoms. The smallest absolute Gasteiger partial charge is 0.122 e. The van der Waals surface area contributed by atoms with Crippen LogP contribution in [0.3, 0.4) is 0 Å². The summed E-state index contributed by atoms with van der Waals surface area (Å²) < 4.78 is 5.31. The third-order valence-corrected chi connectivity index (χ3v) is 2.49. The summed E-state index contributed by atoms with van der Waals surface area (Å²) in [6.45, 7) is 0.487. The van der Waals surface area contributed by atoms with Crippen molar-refractivity contribution in [2.45, 2.75) is 6.42 Å². The van der Waals surface area contributed by atoms with Gasteiger partial charge in [0.25, 0.3) is 0 Å². The highest BCUT2D eigenvalue weighted by Gasteiger charge is 2.08. The number of aromatic nitrogens is 1. The lowest BCUT2D eigenvalue weighted by molar-refractivity contribution is 0.141. The Bertz CT molecular complexity index is 451. The van der Waals surface area contributed by atoms with Crippen LogP contribution in [0.5, 0.6) is 5.75 Å². The maximum atomic E-state index is 5.31. The molecule has 3 N–H and O–H groups in total. The second-order valence-electron chi connectivity index (χ2n) is 3.31. The average Bonchev–Trinajstić information content (AvgIpc) is 2.73. The molecule has 4 heteroatoms. The van der Waals surface area contributed by atoms with Crippen molar-refractivity contribution in [2.75, 3.05) is 13.7 Å². The lowest BCUT2D eigenvalue weighted by Crippen LogP contribution is -2.05. The predicted molar refractivity (Wildman–Crippen MR) is 58.7 cm³/mol. The van der Waals surface area contributed by atoms with Crippen LogP contribution in [0.1, 0.15) is 5.56 Å². The molecule has 0 amide bonds. The van der Waals surface area contributed by atoms with Gasteiger partial charge in [0.15, 0.2) is 0 Å². The minimum Gasteiger partial charge on any atom is -0.496 e. The standard InChI is InChI=1S/C11H14N2O2/c1-14-11-3-2-10-8(4-6-13-10)9(11)5-7-15-12/h2-4,6,13H,5,7,12H2,1H3. The fourth-order valence-corrected chi connectivity index (χ4v) is 1.79. The van der Waals surface area contributed by atoms with Crippen molar-refractivity contribution in [3.05, 3.63) is 30.0 Å². The molecule has 0 unspecified atom stereocenters. The van der Waals surface area contributed by atoms with Gasteiger partial charge < -0.3 is 14.6 Å². The van der Waals surface area contributed by atoms with Crippen molar-refractivity contribution in [1.82, 2.24) is 4.98 Å². The molecule has 0 aliphatic heterocycles. The number of hydrogen-bond acceptors (Lipinski definition) is 3. The van der Waals surface area contributed by atoms with Crippen molar-refractivity contribution in [3.8, 4) is 5.75 Å². The first kappa shape index (κ1) is 10.0. The Labute approximate surface area is 87.9 Å². The predicted octanol–water partition coefficient (Wildman–Crippen LogP) is 1.61. The summed E-state index contributed by atoms with van der Waals surface area (Å²) in [7, 11) is 1.67. The van der Waals surface area contributed by atoms with Gasteiger partial charge in [0.1, 0.15) is 5.75 Å². The molecule has 0 spiro atoms. The van der Waals surface area contributed by atoms with Gasteiger partial charge in [0, 0.05) is 29.1 Å². The molecule has 0 aliphatic rings. The molecule has 0 radical (unpaired) electrons. The van der Waals surface area contributed by atoms with Gasteiger partial charge in [0.05, 0.1) is 13.7 Å². The topological polar surface area (TPSA) is 60.3 Å². The molecule has 1 aromatic carbocycles. The van der Waals surface area contributed by atoms with E-state index in [1.54, 1.807) is 7.11 Å². The fraction of sp³-hybridized carbons (Fsp3) is 0.273. The molecule has 2 rings (SSSR count). The van der Waals surface area contributed by atoms with Gasteiger partial charge in [0.2, 0.25) is 0 Å². The zero-order valence-corrected chi connectivity index (χ0v) is 8.62. The minimum atomic E-state index is 0.487. The van der Waals surface area contributed by atoms with E-state index in [4.69, 9.17) is 10.6 Å². The van der Waals surface area contributed by atoms with Crippen molar-refractivity contribution in [1.29, 1.82) is 0 Å². The number of fused-ring (bicyclic) bond motifs is 1. The molecule has 2 aromatic rings. The van der Waals surface area contributed by atoms with Gasteiger partial charge in [-0.1, -0.05) is 0 Å². The number of ether oxygens (including phenoxy) is 1. The molecule has 0 atom stereocenters. The summed E-state index contributed by atoms with van der Waals surface area (Å²) in [5.74, 6) is 5.91. The van der Waals surface area contributed by atoms with Crippen LogP contribution in [-0.2, 0) is 11.3 Å². The Morgan fingerprint density at radius 1 is 1.33 bits per heavy atom. The second-order valence-corrected chi connectivity index (χ2v) is 3.31. The highest BCUT2D eigenvalue weighted by Crippen LogP contribution is 2.27. The Hall–Kier alpha value is -1.52. The van der Waals surface area contributed by atoms with E-state index in [0.29, 0.717) is 6.61 Å². The molecular formula is C11H14N2O2. The molecule has 15 heavy (non-hydrogen) atoms. The maximum absolute atomic E-state index is 5.31. The van der Waals surface area contributed by atoms with Crippen molar-refractivity contribution < 1.29 is 9.57 Å². The lowest BCUT2D eigenvalue weighted by Gasteiger charge is -2.09. The van der Waals surface area contributed by atoms with Gasteiger partial charge >= 0.3 is 0 Å². The van der Waals surface area contributed by atoms with E-state index in [0.717, 1.165) is 28.6 Å². The Morgan fingerprint density at radius 2 is 2.20 bits per heavy atom. The highest BCUT2D eigenvalue weighted by atomic mass is 16.6. The number of nitrogens with two attached hydrogens (primary N) is 1. The van der Waals surface area contributed by atoms with E-state index in [-0.39, 0.29) is 0 Å². The van der Waals surface area contributed by atoms with Crippen LogP contribution in [0, 0.1) is 0 Å². The van der Waals surface area contributed by atoms with Crippen LogP contribution in [0.2, 0.25) is 0 Å². The molecule has 80 valence electrons. The molecule has 0 saturated carbocycles. The van der Waals surface area contributed by atoms with E-state index in [1.165, 1.54) is 0 Å². The van der Waals surface area contributed by atoms with Crippen LogP contribution >= 0.6 is 0 Å². The van der Waals surface area contributed by atoms with Crippen molar-refractivity contribution >= 4 is 10.9 Å². The molecule has 0 saturated heterocycles. The zero-order chi connectivity index (χ0) is 10.7. The third-order valence-electron chi connectivity index (χ3n) is 2.49. The SMILES string of the molecule is COc1ccc2[nH]ccc2c1CCON. The molecule has 0 fully saturated rings. The summed E-state index contributed by atoms with van der Waals surface area (Å²) in [5, 5.41) is 1.16. The number of hydrogen-bond donors (Lipinski definition) is 2. The van der Waals surface area contributed by atoms with E-state index >= 15 is 0 Å². The van der Waals surface area contributed by atoms with Gasteiger partial charge in [-0.05, 0) is 18.2 Å². The van der Waals surface area contributed by atoms with Crippen LogP contribution in [-0.4, -0.2) is 18.7 Å². The first-order chi connectivity index (χ1) is 7.36. The first-order valence-electron chi connectivity index (χ1n) is 4.81.